The summed E-state index contributed by atoms with van der Waals surface area (Å²) in [5.74, 6) is -8.68. The number of alkyl carbamates (subject to hydrolysis) is 2. The highest BCUT2D eigenvalue weighted by Crippen LogP contribution is 2.28. The Morgan fingerprint density at radius 2 is 0.807 bits per heavy atom. The maximum absolute atomic E-state index is 14.3. The summed E-state index contributed by atoms with van der Waals surface area (Å²) in [4.78, 5) is 196. The molecule has 0 bridgehead atoms. The number of rotatable bonds is 48. The number of hydrogen-bond acceptors (Lipinski definition) is 26. The smallest absolute Gasteiger partial charge is 0.408 e. The summed E-state index contributed by atoms with van der Waals surface area (Å²) in [6.45, 7) is 41.1. The molecule has 3 aliphatic heterocycles. The van der Waals surface area contributed by atoms with E-state index in [1.807, 2.05) is 110 Å². The van der Waals surface area contributed by atoms with Gasteiger partial charge >= 0.3 is 36.1 Å². The van der Waals surface area contributed by atoms with Gasteiger partial charge in [-0.3, -0.25) is 57.7 Å². The number of likely N-dealkylation sites (tertiary alicyclic amines) is 2. The van der Waals surface area contributed by atoms with Crippen LogP contribution in [0, 0.1) is 35.5 Å². The summed E-state index contributed by atoms with van der Waals surface area (Å²) in [5, 5.41) is 54.5. The lowest BCUT2D eigenvalue weighted by molar-refractivity contribution is -0.157. The highest BCUT2D eigenvalue weighted by atomic mass is 16.6. The fourth-order valence-electron chi connectivity index (χ4n) is 15.9. The maximum Gasteiger partial charge on any atom is 0.408 e. The van der Waals surface area contributed by atoms with Crippen LogP contribution in [0.3, 0.4) is 0 Å². The molecule has 790 valence electrons. The molecule has 37 heteroatoms. The minimum absolute atomic E-state index is 0.0238. The van der Waals surface area contributed by atoms with Crippen molar-refractivity contribution in [3.8, 4) is 11.5 Å². The first-order chi connectivity index (χ1) is 65.6. The third-order valence-corrected chi connectivity index (χ3v) is 24.0. The molecule has 18 atom stereocenters. The van der Waals surface area contributed by atoms with E-state index in [0.717, 1.165) is 29.9 Å². The van der Waals surface area contributed by atoms with Gasteiger partial charge in [0.2, 0.25) is 47.3 Å². The van der Waals surface area contributed by atoms with Crippen LogP contribution in [-0.4, -0.2) is 295 Å². The van der Waals surface area contributed by atoms with Crippen LogP contribution in [-0.2, 0) is 105 Å². The van der Waals surface area contributed by atoms with Gasteiger partial charge in [0.15, 0.2) is 0 Å². The Kier molecular flexibility index (Phi) is 53.9. The van der Waals surface area contributed by atoms with E-state index in [0.29, 0.717) is 56.6 Å². The van der Waals surface area contributed by atoms with Crippen LogP contribution in [0.1, 0.15) is 246 Å². The predicted octanol–water partition coefficient (Wildman–Crippen LogP) is 9.53. The minimum atomic E-state index is -1.50. The average Bonchev–Trinajstić information content (AvgIpc) is 1.57. The summed E-state index contributed by atoms with van der Waals surface area (Å²) >= 11 is 0. The molecule has 0 unspecified atom stereocenters. The Morgan fingerprint density at radius 1 is 0.457 bits per heavy atom. The number of benzene rings is 3. The topological polar surface area (TPSA) is 483 Å². The van der Waals surface area contributed by atoms with Crippen molar-refractivity contribution < 1.29 is 120 Å². The van der Waals surface area contributed by atoms with Crippen molar-refractivity contribution in [2.45, 2.75) is 357 Å². The van der Waals surface area contributed by atoms with E-state index < -0.39 is 228 Å². The van der Waals surface area contributed by atoms with Gasteiger partial charge in [-0.05, 0) is 224 Å². The normalized spacial score (nSPS) is 17.6. The third-order valence-electron chi connectivity index (χ3n) is 24.0. The number of aliphatic hydroxyl groups is 2. The Hall–Kier alpha value is -10.8. The summed E-state index contributed by atoms with van der Waals surface area (Å²) in [7, 11) is 9.97. The number of aliphatic hydroxyl groups excluding tert-OH is 2. The number of hydrogen-bond donors (Lipinski definition) is 11. The predicted molar refractivity (Wildman–Crippen MR) is 531 cm³/mol. The zero-order valence-electron chi connectivity index (χ0n) is 88.3. The molecule has 0 aliphatic carbocycles. The third kappa shape index (κ3) is 43.0. The monoisotopic (exact) mass is 1970 g/mol. The number of ether oxygens (including phenoxy) is 8. The van der Waals surface area contributed by atoms with Crippen molar-refractivity contribution in [2.75, 3.05) is 68.7 Å². The molecule has 3 fully saturated rings. The van der Waals surface area contributed by atoms with Gasteiger partial charge in [-0.2, -0.15) is 0 Å². The molecule has 140 heavy (non-hydrogen) atoms. The molecule has 0 radical (unpaired) electrons. The molecule has 37 nitrogen and oxygen atoms in total. The fourth-order valence-corrected chi connectivity index (χ4v) is 15.9. The van der Waals surface area contributed by atoms with Crippen LogP contribution in [0.25, 0.3) is 0 Å². The molecule has 3 heterocycles. The van der Waals surface area contributed by atoms with Gasteiger partial charge in [-0.1, -0.05) is 164 Å². The zero-order chi connectivity index (χ0) is 106. The Morgan fingerprint density at radius 3 is 1.11 bits per heavy atom. The largest absolute Gasteiger partial charge is 0.497 e. The number of carboxylic acid groups (broad SMARTS) is 1. The first-order valence-electron chi connectivity index (χ1n) is 49.4. The van der Waals surface area contributed by atoms with E-state index in [2.05, 4.69) is 42.5 Å². The number of esters is 3. The molecular formula is C103H168N12O25. The highest BCUT2D eigenvalue weighted by Gasteiger charge is 2.45. The van der Waals surface area contributed by atoms with E-state index in [-0.39, 0.29) is 50.7 Å². The number of carbonyl (C=O) groups is 14. The van der Waals surface area contributed by atoms with Gasteiger partial charge in [-0.15, -0.1) is 0 Å². The quantitative estimate of drug-likeness (QED) is 0.0185. The molecule has 0 saturated carbocycles. The van der Waals surface area contributed by atoms with E-state index in [9.17, 15) is 82.4 Å². The maximum atomic E-state index is 14.3. The first kappa shape index (κ1) is 123. The summed E-state index contributed by atoms with van der Waals surface area (Å²) in [6, 6.07) is 10.9. The van der Waals surface area contributed by atoms with Gasteiger partial charge in [0.05, 0.1) is 51.4 Å². The van der Waals surface area contributed by atoms with Crippen LogP contribution in [0.5, 0.6) is 11.5 Å². The van der Waals surface area contributed by atoms with Gasteiger partial charge in [0.25, 0.3) is 0 Å². The van der Waals surface area contributed by atoms with Crippen molar-refractivity contribution in [2.24, 2.45) is 35.5 Å². The van der Waals surface area contributed by atoms with Gasteiger partial charge < -0.3 is 106 Å². The minimum Gasteiger partial charge on any atom is -0.497 e. The molecule has 3 aromatic carbocycles. The Labute approximate surface area is 830 Å². The van der Waals surface area contributed by atoms with Gasteiger partial charge in [0, 0.05) is 26.3 Å². The molecule has 3 aliphatic rings. The first-order valence-corrected chi connectivity index (χ1v) is 49.4. The highest BCUT2D eigenvalue weighted by molar-refractivity contribution is 5.96. The average molecular weight is 1970 g/mol. The SMILES string of the molecule is C1CCOC1.CC.CC[C@H](C)[C@@H](NC(=O)[C@@H](NC(=O)OC(C)(C)C)[C@@H](C)OC(=O)[C@H](Cc1ccc(OC)cc1)N(C)C)[C@@H](O)CC(=O)N[C@H](C(=O)N[C@@H](CC(C)C)C(=O)N1CCC[C@H]1C(=O)O)C(C)C.CC[C@H](C)[C@@H](NC(=O)[C@@H](NC(=O)OC(C)(C)C)[C@@H](C)OC(=O)[C@H](Cc1ccc(OC)cc1)N(C)C)[C@@H](O)CC(=O)N[C@H](C(=O)N[C@@H](CC(C)C)C(=O)N1CCC[C@H]1C(=O)OCc1ccccc1)C(C)C. The number of carbonyl (C=O) groups excluding carboxylic acids is 13. The summed E-state index contributed by atoms with van der Waals surface area (Å²) < 4.78 is 43.6. The van der Waals surface area contributed by atoms with Crippen LogP contribution in [0.2, 0.25) is 0 Å². The van der Waals surface area contributed by atoms with Crippen LogP contribution in [0.15, 0.2) is 78.9 Å². The lowest BCUT2D eigenvalue weighted by Crippen LogP contribution is -2.60. The lowest BCUT2D eigenvalue weighted by Gasteiger charge is -2.33. The number of amides is 10. The van der Waals surface area contributed by atoms with E-state index in [4.69, 9.17) is 37.9 Å². The van der Waals surface area contributed by atoms with Crippen molar-refractivity contribution in [1.82, 2.24) is 62.1 Å². The van der Waals surface area contributed by atoms with Crippen molar-refractivity contribution in [1.29, 1.82) is 0 Å². The van der Waals surface area contributed by atoms with Crippen molar-refractivity contribution in [3.05, 3.63) is 95.6 Å². The lowest BCUT2D eigenvalue weighted by atomic mass is 9.91. The molecule has 10 amide bonds. The number of likely N-dealkylation sites (N-methyl/N-ethyl adjacent to an activating group) is 2. The number of methoxy groups -OCH3 is 2. The second-order valence-electron chi connectivity index (χ2n) is 40.1. The molecule has 6 rings (SSSR count). The standard InChI is InChI=1S/C52H80N6O12.C45H74N6O12.C4H8O.C2H6/c1-14-33(6)44(55-47(62)45(56-51(66)70-52(8,9)10)34(7)69-50(65)40(57(11)12)28-35-22-24-37(67-13)25-23-35)41(59)29-42(60)54-43(32(4)5)46(61)53-38(27-31(2)3)48(63)58-26-18-21-39(58)49(64)68-30-36-19-16-15-17-20-36;1-14-27(6)37(34(52)24-35(53)47-36(26(4)5)39(54)46-31(22-25(2)3)41(56)51-21-15-16-32(51)42(57)58)48-40(55)38(49-44(60)63-45(8,9)10)28(7)62-43(59)33(50(11)12)23-29-17-19-30(61-13)20-18-29;1-2-4-5-3-1;1-2/h15-17,19-20,22-25,31-34,38-41,43-45,59H,14,18,21,26-30H2,1-13H3,(H,53,61)(H,54,60)(H,55,62)(H,56,66);17-20,25-28,31-34,36-38,52H,14-16,21-24H2,1-13H3,(H,46,54)(H,47,53)(H,48,55)(H,49,60)(H,57,58);1-4H2;1-2H3/t33-,34+,38-,39-,40-,41-,43-,44+,45-;27-,28+,31-,32-,33-,34-,36-,37+,38-;;/m00../s1. The second-order valence-corrected chi connectivity index (χ2v) is 40.1. The van der Waals surface area contributed by atoms with Crippen molar-refractivity contribution >= 4 is 83.3 Å². The Bertz CT molecular complexity index is 4340. The molecular weight excluding hydrogens is 1810 g/mol. The van der Waals surface area contributed by atoms with Gasteiger partial charge in [-0.25, -0.2) is 19.2 Å². The summed E-state index contributed by atoms with van der Waals surface area (Å²) in [5.41, 5.74) is 0.598. The van der Waals surface area contributed by atoms with Gasteiger partial charge in [0.1, 0.15) is 102 Å². The van der Waals surface area contributed by atoms with Crippen LogP contribution >= 0.6 is 0 Å². The number of nitrogens with one attached hydrogen (secondary N) is 8. The van der Waals surface area contributed by atoms with E-state index >= 15 is 0 Å². The van der Waals surface area contributed by atoms with E-state index in [1.165, 1.54) is 36.5 Å². The Balaban J connectivity index is 0.000000676. The molecule has 0 spiro atoms. The molecule has 3 saturated heterocycles. The van der Waals surface area contributed by atoms with Crippen LogP contribution < -0.4 is 52.0 Å². The molecule has 11 N–H and O–H groups in total. The zero-order valence-corrected chi connectivity index (χ0v) is 88.3. The number of carboxylic acids is 1. The molecule has 0 aromatic heterocycles. The summed E-state index contributed by atoms with van der Waals surface area (Å²) in [6.07, 6.45) is -2.08. The van der Waals surface area contributed by atoms with Crippen LogP contribution in [0.4, 0.5) is 9.59 Å². The fraction of sp³-hybridized carbons (Fsp3) is 0.689. The number of aliphatic carboxylic acids is 1. The second kappa shape index (κ2) is 61.2. The van der Waals surface area contributed by atoms with Crippen molar-refractivity contribution in [3.63, 3.8) is 0 Å². The number of nitrogens with zero attached hydrogens (tertiary/aromatic N) is 4. The molecule has 3 aromatic rings. The van der Waals surface area contributed by atoms with E-state index in [1.54, 1.807) is 160 Å².